The van der Waals surface area contributed by atoms with Crippen LogP contribution >= 0.6 is 0 Å². The molecular formula is C23H26N4O4S. The first-order valence-corrected chi connectivity index (χ1v) is 12.2. The summed E-state index contributed by atoms with van der Waals surface area (Å²) in [5.41, 5.74) is 4.68. The van der Waals surface area contributed by atoms with Gasteiger partial charge in [-0.05, 0) is 55.3 Å². The first-order chi connectivity index (χ1) is 15.1. The average Bonchev–Trinajstić information content (AvgIpc) is 2.74. The van der Waals surface area contributed by atoms with E-state index in [-0.39, 0.29) is 5.56 Å². The number of benzene rings is 2. The Morgan fingerprint density at radius 2 is 1.72 bits per heavy atom. The Balaban J connectivity index is 1.62. The monoisotopic (exact) mass is 454 g/mol. The number of aryl methyl sites for hydroxylation is 1. The summed E-state index contributed by atoms with van der Waals surface area (Å²) in [6.07, 6.45) is 1.05. The van der Waals surface area contributed by atoms with E-state index in [0.29, 0.717) is 22.4 Å². The van der Waals surface area contributed by atoms with Gasteiger partial charge >= 0.3 is 5.97 Å². The molecule has 4 rings (SSSR count). The second-order valence-corrected chi connectivity index (χ2v) is 9.88. The van der Waals surface area contributed by atoms with E-state index in [1.807, 2.05) is 0 Å². The molecule has 0 radical (unpaired) electrons. The minimum Gasteiger partial charge on any atom is -0.478 e. The second-order valence-electron chi connectivity index (χ2n) is 8.13. The molecular weight excluding hydrogens is 428 g/mol. The summed E-state index contributed by atoms with van der Waals surface area (Å²) in [5.74, 6) is -0.469. The summed E-state index contributed by atoms with van der Waals surface area (Å²) >= 11 is 0. The van der Waals surface area contributed by atoms with E-state index < -0.39 is 16.0 Å². The molecule has 0 amide bonds. The SMILES string of the molecule is Cc1cccc(N2CCN(c3cc(C(=O)O)c4cc(NS(C)(=O)=O)ccc4n3)CC2)c1C. The second kappa shape index (κ2) is 8.31. The molecule has 0 saturated carbocycles. The number of hydrogen-bond donors (Lipinski definition) is 2. The van der Waals surface area contributed by atoms with Crippen LogP contribution in [0.3, 0.4) is 0 Å². The maximum Gasteiger partial charge on any atom is 0.336 e. The van der Waals surface area contributed by atoms with Crippen molar-refractivity contribution in [1.82, 2.24) is 4.98 Å². The molecule has 0 spiro atoms. The largest absolute Gasteiger partial charge is 0.478 e. The molecule has 0 atom stereocenters. The number of aromatic nitrogens is 1. The van der Waals surface area contributed by atoms with Gasteiger partial charge < -0.3 is 14.9 Å². The van der Waals surface area contributed by atoms with Crippen LogP contribution < -0.4 is 14.5 Å². The van der Waals surface area contributed by atoms with Crippen LogP contribution in [0.25, 0.3) is 10.9 Å². The highest BCUT2D eigenvalue weighted by Crippen LogP contribution is 2.29. The van der Waals surface area contributed by atoms with Gasteiger partial charge in [0.25, 0.3) is 0 Å². The predicted octanol–water partition coefficient (Wildman–Crippen LogP) is 3.25. The van der Waals surface area contributed by atoms with Crippen LogP contribution in [0.15, 0.2) is 42.5 Å². The number of sulfonamides is 1. The van der Waals surface area contributed by atoms with Gasteiger partial charge in [0.1, 0.15) is 5.82 Å². The number of carboxylic acids is 1. The molecule has 0 aliphatic carbocycles. The maximum atomic E-state index is 12.0. The van der Waals surface area contributed by atoms with Crippen molar-refractivity contribution in [3.63, 3.8) is 0 Å². The third-order valence-electron chi connectivity index (χ3n) is 5.85. The van der Waals surface area contributed by atoms with Gasteiger partial charge in [-0.15, -0.1) is 0 Å². The Bertz CT molecular complexity index is 1300. The molecule has 3 aromatic rings. The van der Waals surface area contributed by atoms with Crippen LogP contribution in [0, 0.1) is 13.8 Å². The van der Waals surface area contributed by atoms with Crippen molar-refractivity contribution < 1.29 is 18.3 Å². The molecule has 1 aromatic heterocycles. The topological polar surface area (TPSA) is 103 Å². The van der Waals surface area contributed by atoms with Crippen LogP contribution in [-0.2, 0) is 10.0 Å². The van der Waals surface area contributed by atoms with Crippen molar-refractivity contribution in [2.24, 2.45) is 0 Å². The van der Waals surface area contributed by atoms with E-state index in [2.05, 4.69) is 51.6 Å². The normalized spacial score (nSPS) is 14.6. The molecule has 1 aliphatic heterocycles. The lowest BCUT2D eigenvalue weighted by Gasteiger charge is -2.37. The van der Waals surface area contributed by atoms with E-state index in [1.165, 1.54) is 22.9 Å². The van der Waals surface area contributed by atoms with Crippen LogP contribution in [0.4, 0.5) is 17.2 Å². The van der Waals surface area contributed by atoms with Crippen molar-refractivity contribution in [2.75, 3.05) is 47.0 Å². The van der Waals surface area contributed by atoms with Crippen molar-refractivity contribution in [1.29, 1.82) is 0 Å². The Labute approximate surface area is 187 Å². The Kier molecular flexibility index (Phi) is 5.68. The highest BCUT2D eigenvalue weighted by molar-refractivity contribution is 7.92. The van der Waals surface area contributed by atoms with Gasteiger partial charge in [0.05, 0.1) is 17.3 Å². The van der Waals surface area contributed by atoms with Crippen LogP contribution in [0.2, 0.25) is 0 Å². The van der Waals surface area contributed by atoms with Gasteiger partial charge in [-0.3, -0.25) is 4.72 Å². The molecule has 1 saturated heterocycles. The number of pyridine rings is 1. The molecule has 9 heteroatoms. The van der Waals surface area contributed by atoms with Gasteiger partial charge in [-0.25, -0.2) is 18.2 Å². The Morgan fingerprint density at radius 3 is 2.38 bits per heavy atom. The highest BCUT2D eigenvalue weighted by Gasteiger charge is 2.22. The summed E-state index contributed by atoms with van der Waals surface area (Å²) in [6.45, 7) is 7.30. The predicted molar refractivity (Wildman–Crippen MR) is 128 cm³/mol. The fourth-order valence-electron chi connectivity index (χ4n) is 4.08. The standard InChI is InChI=1S/C23H26N4O4S/c1-15-5-4-6-21(16(15)2)26-9-11-27(12-10-26)22-14-19(23(28)29)18-13-17(25-32(3,30)31)7-8-20(18)24-22/h4-8,13-14,25H,9-12H2,1-3H3,(H,28,29). The average molecular weight is 455 g/mol. The number of piperazine rings is 1. The number of aromatic carboxylic acids is 1. The molecule has 168 valence electrons. The molecule has 1 fully saturated rings. The minimum absolute atomic E-state index is 0.0964. The number of nitrogens with zero attached hydrogens (tertiary/aromatic N) is 3. The Morgan fingerprint density at radius 1 is 1.03 bits per heavy atom. The van der Waals surface area contributed by atoms with Crippen LogP contribution in [0.5, 0.6) is 0 Å². The first-order valence-electron chi connectivity index (χ1n) is 10.3. The van der Waals surface area contributed by atoms with Crippen LogP contribution in [0.1, 0.15) is 21.5 Å². The molecule has 2 aromatic carbocycles. The molecule has 2 heterocycles. The fourth-order valence-corrected chi connectivity index (χ4v) is 4.64. The molecule has 0 unspecified atom stereocenters. The van der Waals surface area contributed by atoms with E-state index in [0.717, 1.165) is 32.4 Å². The van der Waals surface area contributed by atoms with Crippen molar-refractivity contribution in [2.45, 2.75) is 13.8 Å². The van der Waals surface area contributed by atoms with Gasteiger partial charge in [0.15, 0.2) is 0 Å². The zero-order valence-electron chi connectivity index (χ0n) is 18.3. The van der Waals surface area contributed by atoms with Crippen molar-refractivity contribution in [3.8, 4) is 0 Å². The quantitative estimate of drug-likeness (QED) is 0.610. The number of hydrogen-bond acceptors (Lipinski definition) is 6. The first kappa shape index (κ1) is 21.9. The zero-order chi connectivity index (χ0) is 23.0. The van der Waals surface area contributed by atoms with Gasteiger partial charge in [0, 0.05) is 42.9 Å². The number of rotatable bonds is 5. The van der Waals surface area contributed by atoms with Crippen LogP contribution in [-0.4, -0.2) is 56.9 Å². The van der Waals surface area contributed by atoms with E-state index in [4.69, 9.17) is 0 Å². The smallest absolute Gasteiger partial charge is 0.336 e. The number of fused-ring (bicyclic) bond motifs is 1. The van der Waals surface area contributed by atoms with Crippen molar-refractivity contribution >= 4 is 44.1 Å². The van der Waals surface area contributed by atoms with E-state index in [1.54, 1.807) is 18.2 Å². The third-order valence-corrected chi connectivity index (χ3v) is 6.46. The maximum absolute atomic E-state index is 12.0. The third kappa shape index (κ3) is 4.47. The van der Waals surface area contributed by atoms with E-state index >= 15 is 0 Å². The highest BCUT2D eigenvalue weighted by atomic mass is 32.2. The minimum atomic E-state index is -3.47. The number of carboxylic acid groups (broad SMARTS) is 1. The number of nitrogens with one attached hydrogen (secondary N) is 1. The summed E-state index contributed by atoms with van der Waals surface area (Å²) in [6, 6.07) is 12.6. The summed E-state index contributed by atoms with van der Waals surface area (Å²) in [7, 11) is -3.47. The molecule has 1 aliphatic rings. The molecule has 8 nitrogen and oxygen atoms in total. The Hall–Kier alpha value is -3.33. The molecule has 2 N–H and O–H groups in total. The van der Waals surface area contributed by atoms with Gasteiger partial charge in [-0.1, -0.05) is 12.1 Å². The molecule has 32 heavy (non-hydrogen) atoms. The summed E-state index contributed by atoms with van der Waals surface area (Å²) in [5, 5.41) is 10.2. The lowest BCUT2D eigenvalue weighted by Crippen LogP contribution is -2.47. The zero-order valence-corrected chi connectivity index (χ0v) is 19.1. The molecule has 0 bridgehead atoms. The number of anilines is 3. The summed E-state index contributed by atoms with van der Waals surface area (Å²) in [4.78, 5) is 21.1. The van der Waals surface area contributed by atoms with Gasteiger partial charge in [0.2, 0.25) is 10.0 Å². The number of carbonyl (C=O) groups is 1. The van der Waals surface area contributed by atoms with E-state index in [9.17, 15) is 18.3 Å². The van der Waals surface area contributed by atoms with Gasteiger partial charge in [-0.2, -0.15) is 0 Å². The lowest BCUT2D eigenvalue weighted by molar-refractivity contribution is 0.0699. The lowest BCUT2D eigenvalue weighted by atomic mass is 10.1. The van der Waals surface area contributed by atoms with Crippen molar-refractivity contribution in [3.05, 3.63) is 59.2 Å². The summed E-state index contributed by atoms with van der Waals surface area (Å²) < 4.78 is 25.4. The fraction of sp³-hybridized carbons (Fsp3) is 0.304.